The van der Waals surface area contributed by atoms with Gasteiger partial charge in [0.1, 0.15) is 5.82 Å². The number of nitrogens with two attached hydrogens (primary N) is 1. The van der Waals surface area contributed by atoms with Crippen LogP contribution in [0.5, 0.6) is 0 Å². The fraction of sp³-hybridized carbons (Fsp3) is 0.647. The molecule has 0 bridgehead atoms. The van der Waals surface area contributed by atoms with Gasteiger partial charge < -0.3 is 10.6 Å². The number of unbranched alkanes of at least 4 members (excludes halogenated alkanes) is 2. The number of halogens is 1. The van der Waals surface area contributed by atoms with E-state index >= 15 is 0 Å². The third-order valence-electron chi connectivity index (χ3n) is 4.15. The van der Waals surface area contributed by atoms with E-state index in [0.29, 0.717) is 0 Å². The highest BCUT2D eigenvalue weighted by molar-refractivity contribution is 5.16. The summed E-state index contributed by atoms with van der Waals surface area (Å²) < 4.78 is 13.2. The Morgan fingerprint density at radius 3 is 2.62 bits per heavy atom. The Hall–Kier alpha value is -0.970. The quantitative estimate of drug-likeness (QED) is 0.784. The summed E-state index contributed by atoms with van der Waals surface area (Å²) in [5, 5.41) is 0. The monoisotopic (exact) mass is 293 g/mol. The topological polar surface area (TPSA) is 32.5 Å². The molecule has 4 heteroatoms. The van der Waals surface area contributed by atoms with Crippen LogP contribution in [-0.2, 0) is 6.54 Å². The van der Waals surface area contributed by atoms with Gasteiger partial charge in [-0.1, -0.05) is 18.6 Å². The highest BCUT2D eigenvalue weighted by Crippen LogP contribution is 2.11. The molecule has 0 aliphatic carbocycles. The Bertz CT molecular complexity index is 411. The Labute approximate surface area is 127 Å². The van der Waals surface area contributed by atoms with Crippen LogP contribution < -0.4 is 5.73 Å². The van der Waals surface area contributed by atoms with Crippen LogP contribution in [0.15, 0.2) is 24.3 Å². The normalized spacial score (nSPS) is 17.8. The van der Waals surface area contributed by atoms with E-state index in [-0.39, 0.29) is 5.82 Å². The molecule has 21 heavy (non-hydrogen) atoms. The second-order valence-corrected chi connectivity index (χ2v) is 5.95. The maximum absolute atomic E-state index is 13.2. The summed E-state index contributed by atoms with van der Waals surface area (Å²) >= 11 is 0. The molecule has 1 aromatic carbocycles. The Balaban J connectivity index is 1.73. The molecular weight excluding hydrogens is 265 g/mol. The van der Waals surface area contributed by atoms with Crippen molar-refractivity contribution < 1.29 is 4.39 Å². The number of benzene rings is 1. The predicted octanol–water partition coefficient (Wildman–Crippen LogP) is 2.46. The molecule has 0 aromatic heterocycles. The first-order chi connectivity index (χ1) is 10.3. The largest absolute Gasteiger partial charge is 0.330 e. The van der Waals surface area contributed by atoms with Gasteiger partial charge in [-0.2, -0.15) is 0 Å². The zero-order valence-electron chi connectivity index (χ0n) is 12.9. The van der Waals surface area contributed by atoms with Crippen LogP contribution in [0.1, 0.15) is 31.2 Å². The van der Waals surface area contributed by atoms with Crippen molar-refractivity contribution in [3.8, 4) is 0 Å². The van der Waals surface area contributed by atoms with Gasteiger partial charge in [0, 0.05) is 19.6 Å². The van der Waals surface area contributed by atoms with Gasteiger partial charge in [-0.25, -0.2) is 4.39 Å². The molecule has 0 radical (unpaired) electrons. The summed E-state index contributed by atoms with van der Waals surface area (Å²) in [6.45, 7) is 7.34. The SMILES string of the molecule is NCCCCCN1CCCN(Cc2cccc(F)c2)CC1. The van der Waals surface area contributed by atoms with Gasteiger partial charge in [0.15, 0.2) is 0 Å². The van der Waals surface area contributed by atoms with Crippen molar-refractivity contribution in [2.24, 2.45) is 5.73 Å². The number of hydrogen-bond donors (Lipinski definition) is 1. The van der Waals surface area contributed by atoms with Gasteiger partial charge >= 0.3 is 0 Å². The number of hydrogen-bond acceptors (Lipinski definition) is 3. The van der Waals surface area contributed by atoms with Gasteiger partial charge in [-0.3, -0.25) is 4.90 Å². The van der Waals surface area contributed by atoms with E-state index in [2.05, 4.69) is 9.80 Å². The molecule has 3 nitrogen and oxygen atoms in total. The predicted molar refractivity (Wildman–Crippen MR) is 85.6 cm³/mol. The lowest BCUT2D eigenvalue weighted by Crippen LogP contribution is -2.31. The molecule has 1 aliphatic rings. The number of rotatable bonds is 7. The van der Waals surface area contributed by atoms with Crippen molar-refractivity contribution >= 4 is 0 Å². The van der Waals surface area contributed by atoms with Crippen molar-refractivity contribution in [2.45, 2.75) is 32.2 Å². The second kappa shape index (κ2) is 9.13. The Kier molecular flexibility index (Phi) is 7.13. The average molecular weight is 293 g/mol. The Morgan fingerprint density at radius 2 is 1.81 bits per heavy atom. The first-order valence-electron chi connectivity index (χ1n) is 8.17. The smallest absolute Gasteiger partial charge is 0.123 e. The summed E-state index contributed by atoms with van der Waals surface area (Å²) in [4.78, 5) is 5.00. The van der Waals surface area contributed by atoms with Gasteiger partial charge in [0.25, 0.3) is 0 Å². The summed E-state index contributed by atoms with van der Waals surface area (Å²) in [5.41, 5.74) is 6.60. The zero-order valence-corrected chi connectivity index (χ0v) is 12.9. The molecule has 2 rings (SSSR count). The first-order valence-corrected chi connectivity index (χ1v) is 8.17. The van der Waals surface area contributed by atoms with Crippen LogP contribution >= 0.6 is 0 Å². The maximum Gasteiger partial charge on any atom is 0.123 e. The lowest BCUT2D eigenvalue weighted by molar-refractivity contribution is 0.248. The number of nitrogens with zero attached hydrogens (tertiary/aromatic N) is 2. The molecule has 0 amide bonds. The maximum atomic E-state index is 13.2. The molecule has 1 aliphatic heterocycles. The summed E-state index contributed by atoms with van der Waals surface area (Å²) in [6, 6.07) is 6.97. The van der Waals surface area contributed by atoms with Crippen LogP contribution in [-0.4, -0.2) is 49.1 Å². The lowest BCUT2D eigenvalue weighted by atomic mass is 10.2. The summed E-state index contributed by atoms with van der Waals surface area (Å²) in [5.74, 6) is -0.135. The van der Waals surface area contributed by atoms with Gasteiger partial charge in [-0.05, 0) is 63.1 Å². The van der Waals surface area contributed by atoms with Gasteiger partial charge in [-0.15, -0.1) is 0 Å². The summed E-state index contributed by atoms with van der Waals surface area (Å²) in [7, 11) is 0. The molecule has 1 heterocycles. The molecule has 1 saturated heterocycles. The Morgan fingerprint density at radius 1 is 1.00 bits per heavy atom. The molecular formula is C17H28FN3. The minimum absolute atomic E-state index is 0.135. The highest BCUT2D eigenvalue weighted by atomic mass is 19.1. The van der Waals surface area contributed by atoms with E-state index < -0.39 is 0 Å². The lowest BCUT2D eigenvalue weighted by Gasteiger charge is -2.21. The molecule has 1 aromatic rings. The van der Waals surface area contributed by atoms with Crippen LogP contribution in [0.25, 0.3) is 0 Å². The van der Waals surface area contributed by atoms with Crippen molar-refractivity contribution in [3.63, 3.8) is 0 Å². The van der Waals surface area contributed by atoms with Crippen LogP contribution in [0.4, 0.5) is 4.39 Å². The van der Waals surface area contributed by atoms with E-state index in [1.807, 2.05) is 6.07 Å². The van der Waals surface area contributed by atoms with E-state index in [9.17, 15) is 4.39 Å². The highest BCUT2D eigenvalue weighted by Gasteiger charge is 2.14. The van der Waals surface area contributed by atoms with Crippen molar-refractivity contribution in [1.29, 1.82) is 0 Å². The van der Waals surface area contributed by atoms with Crippen molar-refractivity contribution in [1.82, 2.24) is 9.80 Å². The molecule has 0 unspecified atom stereocenters. The molecule has 1 fully saturated rings. The van der Waals surface area contributed by atoms with Crippen molar-refractivity contribution in [2.75, 3.05) is 39.3 Å². The van der Waals surface area contributed by atoms with E-state index in [1.165, 1.54) is 38.4 Å². The third kappa shape index (κ3) is 6.12. The van der Waals surface area contributed by atoms with Gasteiger partial charge in [0.2, 0.25) is 0 Å². The fourth-order valence-electron chi connectivity index (χ4n) is 2.96. The minimum atomic E-state index is -0.135. The zero-order chi connectivity index (χ0) is 14.9. The molecule has 118 valence electrons. The van der Waals surface area contributed by atoms with E-state index in [0.717, 1.165) is 44.7 Å². The molecule has 0 saturated carbocycles. The van der Waals surface area contributed by atoms with Gasteiger partial charge in [0.05, 0.1) is 0 Å². The molecule has 0 spiro atoms. The van der Waals surface area contributed by atoms with Crippen molar-refractivity contribution in [3.05, 3.63) is 35.6 Å². The van der Waals surface area contributed by atoms with Crippen LogP contribution in [0, 0.1) is 5.82 Å². The first kappa shape index (κ1) is 16.4. The van der Waals surface area contributed by atoms with E-state index in [1.54, 1.807) is 12.1 Å². The van der Waals surface area contributed by atoms with E-state index in [4.69, 9.17) is 5.73 Å². The third-order valence-corrected chi connectivity index (χ3v) is 4.15. The fourth-order valence-corrected chi connectivity index (χ4v) is 2.96. The molecule has 2 N–H and O–H groups in total. The van der Waals surface area contributed by atoms with Crippen LogP contribution in [0.3, 0.4) is 0 Å². The second-order valence-electron chi connectivity index (χ2n) is 5.95. The molecule has 0 atom stereocenters. The van der Waals surface area contributed by atoms with Crippen LogP contribution in [0.2, 0.25) is 0 Å². The average Bonchev–Trinajstić information content (AvgIpc) is 2.69. The summed E-state index contributed by atoms with van der Waals surface area (Å²) in [6.07, 6.45) is 4.83. The minimum Gasteiger partial charge on any atom is -0.330 e. The standard InChI is InChI=1S/C17H28FN3/c18-17-7-4-6-16(14-17)15-21-11-5-10-20(12-13-21)9-3-1-2-8-19/h4,6-7,14H,1-3,5,8-13,15,19H2.